The number of thiophene rings is 1. The van der Waals surface area contributed by atoms with Gasteiger partial charge in [0.2, 0.25) is 0 Å². The molecule has 0 amide bonds. The van der Waals surface area contributed by atoms with Crippen molar-refractivity contribution in [2.24, 2.45) is 0 Å². The summed E-state index contributed by atoms with van der Waals surface area (Å²) in [5, 5.41) is 6.43. The third-order valence-electron chi connectivity index (χ3n) is 3.20. The Kier molecular flexibility index (Phi) is 4.70. The largest absolute Gasteiger partial charge is 0.497 e. The molecule has 0 saturated heterocycles. The fourth-order valence-electron chi connectivity index (χ4n) is 2.07. The highest BCUT2D eigenvalue weighted by atomic mass is 32.1. The zero-order valence-electron chi connectivity index (χ0n) is 12.3. The summed E-state index contributed by atoms with van der Waals surface area (Å²) in [7, 11) is 1.65. The summed E-state index contributed by atoms with van der Waals surface area (Å²) < 4.78 is 10.8. The van der Waals surface area contributed by atoms with Crippen molar-refractivity contribution in [2.75, 3.05) is 25.6 Å². The van der Waals surface area contributed by atoms with Gasteiger partial charge in [0.1, 0.15) is 28.5 Å². The van der Waals surface area contributed by atoms with Gasteiger partial charge in [-0.05, 0) is 42.1 Å². The average molecular weight is 315 g/mol. The summed E-state index contributed by atoms with van der Waals surface area (Å²) in [4.78, 5) is 9.52. The van der Waals surface area contributed by atoms with Crippen molar-refractivity contribution in [3.63, 3.8) is 0 Å². The highest BCUT2D eigenvalue weighted by molar-refractivity contribution is 7.16. The number of rotatable bonds is 7. The maximum Gasteiger partial charge on any atom is 0.138 e. The molecule has 0 aliphatic heterocycles. The molecule has 1 aromatic carbocycles. The standard InChI is InChI=1S/C16H17N3O2S/c1-20-12-3-5-13(6-4-12)21-9-2-8-17-15-14-7-10-22-16(14)19-11-18-15/h3-7,10-11H,2,8-9H2,1H3,(H,17,18,19). The van der Waals surface area contributed by atoms with Crippen molar-refractivity contribution >= 4 is 27.4 Å². The Hall–Kier alpha value is -2.34. The summed E-state index contributed by atoms with van der Waals surface area (Å²) in [6.07, 6.45) is 2.48. The minimum Gasteiger partial charge on any atom is -0.497 e. The van der Waals surface area contributed by atoms with Crippen LogP contribution in [-0.4, -0.2) is 30.2 Å². The second-order valence-corrected chi connectivity index (χ2v) is 5.56. The molecule has 0 aliphatic rings. The Morgan fingerprint density at radius 2 is 1.91 bits per heavy atom. The van der Waals surface area contributed by atoms with E-state index >= 15 is 0 Å². The summed E-state index contributed by atoms with van der Waals surface area (Å²) >= 11 is 1.62. The molecule has 2 aromatic heterocycles. The highest BCUT2D eigenvalue weighted by Gasteiger charge is 2.03. The Morgan fingerprint density at radius 1 is 1.09 bits per heavy atom. The van der Waals surface area contributed by atoms with Crippen LogP contribution in [-0.2, 0) is 0 Å². The molecule has 114 valence electrons. The number of methoxy groups -OCH3 is 1. The predicted octanol–water partition coefficient (Wildman–Crippen LogP) is 3.58. The van der Waals surface area contributed by atoms with Crippen molar-refractivity contribution in [1.82, 2.24) is 9.97 Å². The van der Waals surface area contributed by atoms with Crippen LogP contribution in [0.4, 0.5) is 5.82 Å². The van der Waals surface area contributed by atoms with E-state index < -0.39 is 0 Å². The van der Waals surface area contributed by atoms with Gasteiger partial charge in [-0.25, -0.2) is 9.97 Å². The Morgan fingerprint density at radius 3 is 2.73 bits per heavy atom. The van der Waals surface area contributed by atoms with Gasteiger partial charge >= 0.3 is 0 Å². The summed E-state index contributed by atoms with van der Waals surface area (Å²) in [6, 6.07) is 9.64. The second kappa shape index (κ2) is 7.09. The van der Waals surface area contributed by atoms with Crippen LogP contribution in [0.3, 0.4) is 0 Å². The van der Waals surface area contributed by atoms with Gasteiger partial charge in [-0.3, -0.25) is 0 Å². The van der Waals surface area contributed by atoms with E-state index in [4.69, 9.17) is 9.47 Å². The molecule has 2 heterocycles. The molecular weight excluding hydrogens is 298 g/mol. The van der Waals surface area contributed by atoms with Gasteiger partial charge in [-0.1, -0.05) is 0 Å². The quantitative estimate of drug-likeness (QED) is 0.675. The van der Waals surface area contributed by atoms with E-state index in [1.165, 1.54) is 0 Å². The molecule has 0 spiro atoms. The summed E-state index contributed by atoms with van der Waals surface area (Å²) in [6.45, 7) is 1.45. The lowest BCUT2D eigenvalue weighted by molar-refractivity contribution is 0.314. The van der Waals surface area contributed by atoms with Gasteiger partial charge in [0, 0.05) is 6.54 Å². The van der Waals surface area contributed by atoms with Crippen molar-refractivity contribution in [3.8, 4) is 11.5 Å². The molecule has 0 saturated carbocycles. The first-order valence-electron chi connectivity index (χ1n) is 7.06. The Bertz CT molecular complexity index is 728. The predicted molar refractivity (Wildman–Crippen MR) is 89.0 cm³/mol. The van der Waals surface area contributed by atoms with Crippen LogP contribution in [0.15, 0.2) is 42.0 Å². The number of benzene rings is 1. The van der Waals surface area contributed by atoms with Crippen molar-refractivity contribution in [2.45, 2.75) is 6.42 Å². The zero-order chi connectivity index (χ0) is 15.2. The van der Waals surface area contributed by atoms with Crippen molar-refractivity contribution in [1.29, 1.82) is 0 Å². The molecule has 3 rings (SSSR count). The molecule has 22 heavy (non-hydrogen) atoms. The molecule has 6 heteroatoms. The van der Waals surface area contributed by atoms with E-state index in [1.54, 1.807) is 24.8 Å². The van der Waals surface area contributed by atoms with Crippen LogP contribution in [0.25, 0.3) is 10.2 Å². The van der Waals surface area contributed by atoms with Gasteiger partial charge in [-0.2, -0.15) is 0 Å². The summed E-state index contributed by atoms with van der Waals surface area (Å²) in [5.74, 6) is 2.57. The first-order chi connectivity index (χ1) is 10.9. The maximum absolute atomic E-state index is 5.69. The molecule has 0 aliphatic carbocycles. The van der Waals surface area contributed by atoms with Gasteiger partial charge in [-0.15, -0.1) is 11.3 Å². The fraction of sp³-hybridized carbons (Fsp3) is 0.250. The SMILES string of the molecule is COc1ccc(OCCCNc2ncnc3sccc23)cc1. The molecule has 1 N–H and O–H groups in total. The molecule has 0 unspecified atom stereocenters. The van der Waals surface area contributed by atoms with Crippen LogP contribution < -0.4 is 14.8 Å². The number of anilines is 1. The van der Waals surface area contributed by atoms with Crippen molar-refractivity contribution in [3.05, 3.63) is 42.0 Å². The number of ether oxygens (including phenoxy) is 2. The van der Waals surface area contributed by atoms with E-state index in [-0.39, 0.29) is 0 Å². The van der Waals surface area contributed by atoms with E-state index in [0.717, 1.165) is 40.5 Å². The number of hydrogen-bond donors (Lipinski definition) is 1. The first-order valence-corrected chi connectivity index (χ1v) is 7.94. The first kappa shape index (κ1) is 14.6. The number of fused-ring (bicyclic) bond motifs is 1. The van der Waals surface area contributed by atoms with Gasteiger partial charge in [0.25, 0.3) is 0 Å². The zero-order valence-corrected chi connectivity index (χ0v) is 13.1. The molecule has 3 aromatic rings. The Balaban J connectivity index is 1.44. The average Bonchev–Trinajstić information content (AvgIpc) is 3.04. The van der Waals surface area contributed by atoms with E-state index in [9.17, 15) is 0 Å². The molecule has 0 atom stereocenters. The minimum absolute atomic E-state index is 0.650. The van der Waals surface area contributed by atoms with E-state index in [1.807, 2.05) is 35.7 Å². The number of hydrogen-bond acceptors (Lipinski definition) is 6. The second-order valence-electron chi connectivity index (χ2n) is 4.67. The van der Waals surface area contributed by atoms with Gasteiger partial charge < -0.3 is 14.8 Å². The summed E-state index contributed by atoms with van der Waals surface area (Å²) in [5.41, 5.74) is 0. The van der Waals surface area contributed by atoms with Gasteiger partial charge in [0.05, 0.1) is 19.1 Å². The van der Waals surface area contributed by atoms with Crippen LogP contribution in [0.2, 0.25) is 0 Å². The fourth-order valence-corrected chi connectivity index (χ4v) is 2.80. The maximum atomic E-state index is 5.69. The monoisotopic (exact) mass is 315 g/mol. The lowest BCUT2D eigenvalue weighted by Crippen LogP contribution is -2.08. The lowest BCUT2D eigenvalue weighted by atomic mass is 10.3. The number of nitrogens with zero attached hydrogens (tertiary/aromatic N) is 2. The molecule has 0 bridgehead atoms. The molecule has 5 nitrogen and oxygen atoms in total. The number of nitrogens with one attached hydrogen (secondary N) is 1. The normalized spacial score (nSPS) is 10.6. The van der Waals surface area contributed by atoms with Crippen LogP contribution >= 0.6 is 11.3 Å². The number of aromatic nitrogens is 2. The van der Waals surface area contributed by atoms with Crippen LogP contribution in [0, 0.1) is 0 Å². The smallest absolute Gasteiger partial charge is 0.138 e. The van der Waals surface area contributed by atoms with Crippen molar-refractivity contribution < 1.29 is 9.47 Å². The lowest BCUT2D eigenvalue weighted by Gasteiger charge is -2.08. The van der Waals surface area contributed by atoms with E-state index in [2.05, 4.69) is 15.3 Å². The van der Waals surface area contributed by atoms with Gasteiger partial charge in [0.15, 0.2) is 0 Å². The third kappa shape index (κ3) is 3.46. The van der Waals surface area contributed by atoms with Crippen LogP contribution in [0.1, 0.15) is 6.42 Å². The molecular formula is C16H17N3O2S. The third-order valence-corrected chi connectivity index (χ3v) is 4.02. The topological polar surface area (TPSA) is 56.3 Å². The minimum atomic E-state index is 0.650. The Labute approximate surface area is 132 Å². The van der Waals surface area contributed by atoms with E-state index in [0.29, 0.717) is 6.61 Å². The molecule has 0 radical (unpaired) electrons. The molecule has 0 fully saturated rings. The van der Waals surface area contributed by atoms with Crippen LogP contribution in [0.5, 0.6) is 11.5 Å². The highest BCUT2D eigenvalue weighted by Crippen LogP contribution is 2.23.